The van der Waals surface area contributed by atoms with Gasteiger partial charge in [-0.1, -0.05) is 38.0 Å². The molecule has 1 aromatic heterocycles. The van der Waals surface area contributed by atoms with E-state index in [0.29, 0.717) is 6.04 Å². The lowest BCUT2D eigenvalue weighted by Gasteiger charge is -2.17. The van der Waals surface area contributed by atoms with E-state index in [1.165, 1.54) is 48.4 Å². The maximum atomic E-state index is 4.20. The first-order chi connectivity index (χ1) is 9.83. The SMILES string of the molecule is CC1CCCC(NCc2cccc3cnccc23)CC1. The first-order valence-electron chi connectivity index (χ1n) is 7.88. The van der Waals surface area contributed by atoms with Crippen molar-refractivity contribution in [3.05, 3.63) is 42.2 Å². The Morgan fingerprint density at radius 2 is 2.10 bits per heavy atom. The summed E-state index contributed by atoms with van der Waals surface area (Å²) >= 11 is 0. The maximum absolute atomic E-state index is 4.20. The van der Waals surface area contributed by atoms with Crippen molar-refractivity contribution < 1.29 is 0 Å². The minimum atomic E-state index is 0.692. The molecule has 3 rings (SSSR count). The molecule has 2 heteroatoms. The summed E-state index contributed by atoms with van der Waals surface area (Å²) in [5.41, 5.74) is 1.39. The first kappa shape index (κ1) is 13.6. The van der Waals surface area contributed by atoms with Crippen LogP contribution < -0.4 is 5.32 Å². The molecule has 2 nitrogen and oxygen atoms in total. The van der Waals surface area contributed by atoms with E-state index in [0.717, 1.165) is 12.5 Å². The lowest BCUT2D eigenvalue weighted by Crippen LogP contribution is -2.28. The van der Waals surface area contributed by atoms with Gasteiger partial charge in [-0.15, -0.1) is 0 Å². The molecule has 0 amide bonds. The molecular formula is C18H24N2. The Balaban J connectivity index is 1.67. The van der Waals surface area contributed by atoms with Crippen molar-refractivity contribution in [3.8, 4) is 0 Å². The lowest BCUT2D eigenvalue weighted by atomic mass is 10.0. The van der Waals surface area contributed by atoms with Crippen LogP contribution in [0.3, 0.4) is 0 Å². The fourth-order valence-electron chi connectivity index (χ4n) is 3.29. The molecule has 1 aromatic carbocycles. The standard InChI is InChI=1S/C18H24N2/c1-14-4-2-7-17(9-8-14)20-13-16-6-3-5-15-12-19-11-10-18(15)16/h3,5-6,10-12,14,17,20H,2,4,7-9,13H2,1H3. The maximum Gasteiger partial charge on any atom is 0.0346 e. The third-order valence-electron chi connectivity index (χ3n) is 4.61. The van der Waals surface area contributed by atoms with Crippen LogP contribution in [0.4, 0.5) is 0 Å². The van der Waals surface area contributed by atoms with Gasteiger partial charge in [-0.05, 0) is 42.2 Å². The Kier molecular flexibility index (Phi) is 4.31. The van der Waals surface area contributed by atoms with E-state index in [4.69, 9.17) is 0 Å². The van der Waals surface area contributed by atoms with Crippen molar-refractivity contribution in [2.45, 2.75) is 51.6 Å². The molecule has 1 aliphatic carbocycles. The molecule has 1 fully saturated rings. The molecule has 0 aliphatic heterocycles. The van der Waals surface area contributed by atoms with Gasteiger partial charge in [-0.3, -0.25) is 4.98 Å². The van der Waals surface area contributed by atoms with Gasteiger partial charge in [-0.25, -0.2) is 0 Å². The number of fused-ring (bicyclic) bond motifs is 1. The summed E-state index contributed by atoms with van der Waals surface area (Å²) in [5, 5.41) is 6.34. The van der Waals surface area contributed by atoms with Crippen molar-refractivity contribution in [2.75, 3.05) is 0 Å². The average Bonchev–Trinajstić information content (AvgIpc) is 2.70. The summed E-state index contributed by atoms with van der Waals surface area (Å²) in [5.74, 6) is 0.908. The molecule has 106 valence electrons. The van der Waals surface area contributed by atoms with Crippen molar-refractivity contribution in [1.29, 1.82) is 0 Å². The van der Waals surface area contributed by atoms with E-state index in [9.17, 15) is 0 Å². The van der Waals surface area contributed by atoms with Crippen LogP contribution in [-0.2, 0) is 6.54 Å². The molecule has 20 heavy (non-hydrogen) atoms. The van der Waals surface area contributed by atoms with Crippen LogP contribution in [0.25, 0.3) is 10.8 Å². The van der Waals surface area contributed by atoms with Gasteiger partial charge in [0.05, 0.1) is 0 Å². The van der Waals surface area contributed by atoms with E-state index >= 15 is 0 Å². The van der Waals surface area contributed by atoms with Crippen molar-refractivity contribution in [2.24, 2.45) is 5.92 Å². The monoisotopic (exact) mass is 268 g/mol. The van der Waals surface area contributed by atoms with Crippen LogP contribution >= 0.6 is 0 Å². The first-order valence-corrected chi connectivity index (χ1v) is 7.88. The summed E-state index contributed by atoms with van der Waals surface area (Å²) in [7, 11) is 0. The van der Waals surface area contributed by atoms with Crippen LogP contribution in [-0.4, -0.2) is 11.0 Å². The van der Waals surface area contributed by atoms with Crippen molar-refractivity contribution >= 4 is 10.8 Å². The van der Waals surface area contributed by atoms with Gasteiger partial charge >= 0.3 is 0 Å². The van der Waals surface area contributed by atoms with E-state index in [1.54, 1.807) is 0 Å². The zero-order valence-corrected chi connectivity index (χ0v) is 12.3. The van der Waals surface area contributed by atoms with Crippen LogP contribution in [0.1, 0.15) is 44.6 Å². The molecule has 0 bridgehead atoms. The number of aromatic nitrogens is 1. The molecule has 1 aliphatic rings. The highest BCUT2D eigenvalue weighted by molar-refractivity contribution is 5.84. The third kappa shape index (κ3) is 3.18. The van der Waals surface area contributed by atoms with Crippen LogP contribution in [0, 0.1) is 5.92 Å². The Hall–Kier alpha value is -1.41. The summed E-state index contributed by atoms with van der Waals surface area (Å²) in [6.45, 7) is 3.36. The van der Waals surface area contributed by atoms with Gasteiger partial charge in [0.1, 0.15) is 0 Å². The predicted molar refractivity (Wildman–Crippen MR) is 84.6 cm³/mol. The van der Waals surface area contributed by atoms with Gasteiger partial charge in [0.25, 0.3) is 0 Å². The topological polar surface area (TPSA) is 24.9 Å². The van der Waals surface area contributed by atoms with Crippen LogP contribution in [0.2, 0.25) is 0 Å². The molecule has 0 saturated heterocycles. The second-order valence-electron chi connectivity index (χ2n) is 6.21. The van der Waals surface area contributed by atoms with Crippen LogP contribution in [0.5, 0.6) is 0 Å². The highest BCUT2D eigenvalue weighted by Gasteiger charge is 2.15. The highest BCUT2D eigenvalue weighted by atomic mass is 14.9. The minimum absolute atomic E-state index is 0.692. The smallest absolute Gasteiger partial charge is 0.0346 e. The second kappa shape index (κ2) is 6.36. The van der Waals surface area contributed by atoms with Gasteiger partial charge in [0, 0.05) is 30.4 Å². The molecular weight excluding hydrogens is 244 g/mol. The van der Waals surface area contributed by atoms with Gasteiger partial charge in [0.2, 0.25) is 0 Å². The number of nitrogens with one attached hydrogen (secondary N) is 1. The highest BCUT2D eigenvalue weighted by Crippen LogP contribution is 2.23. The fraction of sp³-hybridized carbons (Fsp3) is 0.500. The van der Waals surface area contributed by atoms with E-state index < -0.39 is 0 Å². The van der Waals surface area contributed by atoms with E-state index in [-0.39, 0.29) is 0 Å². The number of nitrogens with zero attached hydrogens (tertiary/aromatic N) is 1. The molecule has 1 saturated carbocycles. The minimum Gasteiger partial charge on any atom is -0.310 e. The Morgan fingerprint density at radius 3 is 3.05 bits per heavy atom. The normalized spacial score (nSPS) is 23.6. The van der Waals surface area contributed by atoms with Gasteiger partial charge < -0.3 is 5.32 Å². The van der Waals surface area contributed by atoms with Crippen molar-refractivity contribution in [1.82, 2.24) is 10.3 Å². The van der Waals surface area contributed by atoms with Crippen LogP contribution in [0.15, 0.2) is 36.7 Å². The zero-order valence-electron chi connectivity index (χ0n) is 12.3. The second-order valence-corrected chi connectivity index (χ2v) is 6.21. The number of benzene rings is 1. The number of rotatable bonds is 3. The quantitative estimate of drug-likeness (QED) is 0.840. The van der Waals surface area contributed by atoms with Crippen molar-refractivity contribution in [3.63, 3.8) is 0 Å². The zero-order chi connectivity index (χ0) is 13.8. The summed E-state index contributed by atoms with van der Waals surface area (Å²) < 4.78 is 0. The fourth-order valence-corrected chi connectivity index (χ4v) is 3.29. The molecule has 1 heterocycles. The Labute approximate surface area is 121 Å². The molecule has 0 spiro atoms. The van der Waals surface area contributed by atoms with E-state index in [2.05, 4.69) is 41.5 Å². The van der Waals surface area contributed by atoms with Gasteiger partial charge in [-0.2, -0.15) is 0 Å². The Bertz CT molecular complexity index is 559. The largest absolute Gasteiger partial charge is 0.310 e. The molecule has 2 atom stereocenters. The molecule has 1 N–H and O–H groups in total. The average molecular weight is 268 g/mol. The number of pyridine rings is 1. The third-order valence-corrected chi connectivity index (χ3v) is 4.61. The number of hydrogen-bond donors (Lipinski definition) is 1. The summed E-state index contributed by atoms with van der Waals surface area (Å²) in [6, 6.07) is 9.32. The lowest BCUT2D eigenvalue weighted by molar-refractivity contribution is 0.448. The predicted octanol–water partition coefficient (Wildman–Crippen LogP) is 4.29. The molecule has 2 unspecified atom stereocenters. The molecule has 2 aromatic rings. The summed E-state index contributed by atoms with van der Waals surface area (Å²) in [4.78, 5) is 4.20. The van der Waals surface area contributed by atoms with Gasteiger partial charge in [0.15, 0.2) is 0 Å². The summed E-state index contributed by atoms with van der Waals surface area (Å²) in [6.07, 6.45) is 10.6. The van der Waals surface area contributed by atoms with E-state index in [1.807, 2.05) is 12.4 Å². The molecule has 0 radical (unpaired) electrons. The Morgan fingerprint density at radius 1 is 1.15 bits per heavy atom. The number of hydrogen-bond acceptors (Lipinski definition) is 2.